The molecule has 1 aromatic carbocycles. The van der Waals surface area contributed by atoms with Crippen molar-refractivity contribution < 1.29 is 18.3 Å². The van der Waals surface area contributed by atoms with E-state index < -0.39 is 12.6 Å². The summed E-state index contributed by atoms with van der Waals surface area (Å²) in [6, 6.07) is 6.73. The molecule has 0 bridgehead atoms. The number of rotatable bonds is 5. The molecule has 35 heavy (non-hydrogen) atoms. The zero-order valence-electron chi connectivity index (χ0n) is 19.3. The number of morpholine rings is 1. The molecule has 4 aliphatic rings. The van der Waals surface area contributed by atoms with E-state index in [9.17, 15) is 13.6 Å². The van der Waals surface area contributed by atoms with Crippen LogP contribution in [-0.2, 0) is 16.1 Å². The zero-order chi connectivity index (χ0) is 24.2. The Morgan fingerprint density at radius 3 is 2.43 bits per heavy atom. The van der Waals surface area contributed by atoms with Crippen LogP contribution in [-0.4, -0.2) is 89.7 Å². The Balaban J connectivity index is 1.32. The Morgan fingerprint density at radius 1 is 1.06 bits per heavy atom. The van der Waals surface area contributed by atoms with E-state index in [2.05, 4.69) is 11.5 Å². The first-order chi connectivity index (χ1) is 17.0. The highest BCUT2D eigenvalue weighted by Gasteiger charge is 2.53. The van der Waals surface area contributed by atoms with Gasteiger partial charge in [-0.2, -0.15) is 23.7 Å². The topological polar surface area (TPSA) is 77.9 Å². The van der Waals surface area contributed by atoms with Crippen LogP contribution in [0.5, 0.6) is 0 Å². The predicted molar refractivity (Wildman–Crippen MR) is 124 cm³/mol. The molecule has 9 nitrogen and oxygen atoms in total. The third kappa shape index (κ3) is 3.82. The van der Waals surface area contributed by atoms with E-state index in [1.807, 2.05) is 29.2 Å². The minimum atomic E-state index is -2.64. The number of amides is 1. The Kier molecular flexibility index (Phi) is 5.41. The van der Waals surface area contributed by atoms with Gasteiger partial charge in [0.1, 0.15) is 6.04 Å². The number of alkyl halides is 2. The second-order valence-electron chi connectivity index (χ2n) is 9.70. The van der Waals surface area contributed by atoms with Crippen molar-refractivity contribution in [3.05, 3.63) is 53.9 Å². The molecule has 1 atom stereocenters. The van der Waals surface area contributed by atoms with E-state index in [0.29, 0.717) is 70.2 Å². The molecule has 0 radical (unpaired) electrons. The number of hydrogen-bond donors (Lipinski definition) is 0. The van der Waals surface area contributed by atoms with E-state index in [1.165, 1.54) is 6.08 Å². The largest absolute Gasteiger partial charge is 0.378 e. The first kappa shape index (κ1) is 22.3. The summed E-state index contributed by atoms with van der Waals surface area (Å²) < 4.78 is 33.7. The van der Waals surface area contributed by atoms with Gasteiger partial charge in [0.05, 0.1) is 13.2 Å². The lowest BCUT2D eigenvalue weighted by molar-refractivity contribution is -0.139. The highest BCUT2D eigenvalue weighted by atomic mass is 19.3. The van der Waals surface area contributed by atoms with Crippen molar-refractivity contribution in [3.8, 4) is 0 Å². The van der Waals surface area contributed by atoms with Crippen LogP contribution in [0.4, 0.5) is 20.7 Å². The quantitative estimate of drug-likeness (QED) is 0.470. The number of hydrogen-bond acceptors (Lipinski definition) is 8. The highest BCUT2D eigenvalue weighted by Crippen LogP contribution is 2.43. The van der Waals surface area contributed by atoms with Crippen LogP contribution < -0.4 is 9.80 Å². The van der Waals surface area contributed by atoms with Gasteiger partial charge in [-0.3, -0.25) is 4.79 Å². The minimum Gasteiger partial charge on any atom is -0.378 e. The fraction of sp³-hybridized carbons (Fsp3) is 0.500. The smallest absolute Gasteiger partial charge is 0.295 e. The van der Waals surface area contributed by atoms with Gasteiger partial charge in [0, 0.05) is 51.2 Å². The SMILES string of the molecule is C=CC(=O)N1CC2(C1)CN(c1nc(C3c4ccccc4CN3C(F)F)nc(N3CCOCC3)n1)C2. The van der Waals surface area contributed by atoms with Crippen molar-refractivity contribution in [2.75, 3.05) is 62.3 Å². The monoisotopic (exact) mass is 483 g/mol. The standard InChI is InChI=1S/C24H27F2N7O2/c1-2-18(34)31-12-24(13-31)14-32(15-24)23-28-20(27-22(29-23)30-7-9-35-10-8-30)19-17-6-4-3-5-16(17)11-33(19)21(25)26/h2-6,19,21H,1,7-15H2. The number of benzene rings is 1. The van der Waals surface area contributed by atoms with Gasteiger partial charge in [-0.05, 0) is 17.2 Å². The maximum absolute atomic E-state index is 14.1. The molecule has 1 unspecified atom stereocenters. The van der Waals surface area contributed by atoms with Gasteiger partial charge >= 0.3 is 0 Å². The average molecular weight is 484 g/mol. The number of halogens is 2. The number of nitrogens with zero attached hydrogens (tertiary/aromatic N) is 7. The van der Waals surface area contributed by atoms with Crippen LogP contribution in [0.1, 0.15) is 23.0 Å². The number of ether oxygens (including phenoxy) is 1. The van der Waals surface area contributed by atoms with E-state index in [1.54, 1.807) is 4.90 Å². The number of carbonyl (C=O) groups excluding carboxylic acids is 1. The van der Waals surface area contributed by atoms with Gasteiger partial charge in [-0.1, -0.05) is 30.8 Å². The molecule has 4 aliphatic heterocycles. The number of carbonyl (C=O) groups is 1. The lowest BCUT2D eigenvalue weighted by Gasteiger charge is -2.59. The summed E-state index contributed by atoms with van der Waals surface area (Å²) in [5, 5.41) is 0. The van der Waals surface area contributed by atoms with Crippen LogP contribution in [0.3, 0.4) is 0 Å². The number of anilines is 2. The molecule has 0 saturated carbocycles. The first-order valence-corrected chi connectivity index (χ1v) is 11.8. The van der Waals surface area contributed by atoms with Gasteiger partial charge < -0.3 is 19.4 Å². The fourth-order valence-electron chi connectivity index (χ4n) is 5.57. The van der Waals surface area contributed by atoms with E-state index in [4.69, 9.17) is 19.7 Å². The molecule has 1 amide bonds. The number of fused-ring (bicyclic) bond motifs is 1. The summed E-state index contributed by atoms with van der Waals surface area (Å²) >= 11 is 0. The lowest BCUT2D eigenvalue weighted by Crippen LogP contribution is -2.73. The molecule has 3 fully saturated rings. The van der Waals surface area contributed by atoms with Gasteiger partial charge in [-0.15, -0.1) is 0 Å². The molecule has 5 heterocycles. The maximum Gasteiger partial charge on any atom is 0.295 e. The summed E-state index contributed by atoms with van der Waals surface area (Å²) in [5.41, 5.74) is 1.69. The van der Waals surface area contributed by atoms with Crippen LogP contribution in [0, 0.1) is 5.41 Å². The Bertz CT molecular complexity index is 1140. The van der Waals surface area contributed by atoms with Crippen molar-refractivity contribution in [3.63, 3.8) is 0 Å². The van der Waals surface area contributed by atoms with Crippen LogP contribution in [0.25, 0.3) is 0 Å². The Morgan fingerprint density at radius 2 is 1.74 bits per heavy atom. The molecular weight excluding hydrogens is 456 g/mol. The van der Waals surface area contributed by atoms with Crippen molar-refractivity contribution in [1.82, 2.24) is 24.8 Å². The van der Waals surface area contributed by atoms with Crippen LogP contribution in [0.2, 0.25) is 0 Å². The summed E-state index contributed by atoms with van der Waals surface area (Å²) in [6.45, 7) is 6.21. The molecule has 1 aromatic heterocycles. The second kappa shape index (κ2) is 8.49. The van der Waals surface area contributed by atoms with E-state index >= 15 is 0 Å². The highest BCUT2D eigenvalue weighted by molar-refractivity contribution is 5.88. The molecule has 11 heteroatoms. The minimum absolute atomic E-state index is 0.0273. The molecule has 0 N–H and O–H groups in total. The second-order valence-corrected chi connectivity index (χ2v) is 9.70. The van der Waals surface area contributed by atoms with Crippen LogP contribution >= 0.6 is 0 Å². The summed E-state index contributed by atoms with van der Waals surface area (Å²) in [6.07, 6.45) is 1.34. The Hall–Kier alpha value is -3.18. The third-order valence-corrected chi connectivity index (χ3v) is 7.33. The molecule has 3 saturated heterocycles. The normalized spacial score (nSPS) is 23.3. The molecule has 0 aliphatic carbocycles. The molecule has 184 valence electrons. The Labute approximate surface area is 202 Å². The summed E-state index contributed by atoms with van der Waals surface area (Å²) in [4.78, 5) is 33.0. The zero-order valence-corrected chi connectivity index (χ0v) is 19.3. The van der Waals surface area contributed by atoms with Gasteiger partial charge in [0.15, 0.2) is 5.82 Å². The van der Waals surface area contributed by atoms with Crippen molar-refractivity contribution in [2.24, 2.45) is 5.41 Å². The van der Waals surface area contributed by atoms with Gasteiger partial charge in [-0.25, -0.2) is 4.90 Å². The van der Waals surface area contributed by atoms with Gasteiger partial charge in [0.25, 0.3) is 6.55 Å². The molecule has 1 spiro atoms. The lowest BCUT2D eigenvalue weighted by atomic mass is 9.73. The summed E-state index contributed by atoms with van der Waals surface area (Å²) in [5.74, 6) is 1.26. The number of likely N-dealkylation sites (tertiary alicyclic amines) is 1. The number of aromatic nitrogens is 3. The maximum atomic E-state index is 14.1. The van der Waals surface area contributed by atoms with Crippen molar-refractivity contribution in [1.29, 1.82) is 0 Å². The average Bonchev–Trinajstić information content (AvgIpc) is 3.22. The fourth-order valence-corrected chi connectivity index (χ4v) is 5.57. The molecule has 2 aromatic rings. The first-order valence-electron chi connectivity index (χ1n) is 11.8. The molecular formula is C24H27F2N7O2. The molecule has 6 rings (SSSR count). The summed E-state index contributed by atoms with van der Waals surface area (Å²) in [7, 11) is 0. The predicted octanol–water partition coefficient (Wildman–Crippen LogP) is 1.67. The van der Waals surface area contributed by atoms with E-state index in [-0.39, 0.29) is 17.9 Å². The van der Waals surface area contributed by atoms with Gasteiger partial charge in [0.2, 0.25) is 17.8 Å². The van der Waals surface area contributed by atoms with Crippen LogP contribution in [0.15, 0.2) is 36.9 Å². The van der Waals surface area contributed by atoms with Crippen molar-refractivity contribution >= 4 is 17.8 Å². The third-order valence-electron chi connectivity index (χ3n) is 7.33. The van der Waals surface area contributed by atoms with Crippen molar-refractivity contribution in [2.45, 2.75) is 19.1 Å². The van der Waals surface area contributed by atoms with E-state index in [0.717, 1.165) is 16.0 Å².